The minimum Gasteiger partial charge on any atom is -0.309 e. The molecule has 0 radical (unpaired) electrons. The first kappa shape index (κ1) is 31.7. The zero-order valence-electron chi connectivity index (χ0n) is 31.2. The van der Waals surface area contributed by atoms with E-state index in [0.29, 0.717) is 0 Å². The van der Waals surface area contributed by atoms with E-state index in [0.717, 1.165) is 0 Å². The van der Waals surface area contributed by atoms with Crippen molar-refractivity contribution in [3.63, 3.8) is 0 Å². The van der Waals surface area contributed by atoms with Gasteiger partial charge in [0.2, 0.25) is 0 Å². The van der Waals surface area contributed by atoms with Gasteiger partial charge >= 0.3 is 0 Å². The predicted molar refractivity (Wildman–Crippen MR) is 234 cm³/mol. The maximum Gasteiger partial charge on any atom is 0.0549 e. The predicted octanol–water partition coefficient (Wildman–Crippen LogP) is 13.9. The molecule has 0 aliphatic rings. The van der Waals surface area contributed by atoms with E-state index in [1.807, 2.05) is 0 Å². The van der Waals surface area contributed by atoms with E-state index in [1.165, 1.54) is 99.2 Å². The first-order valence-corrected chi connectivity index (χ1v) is 19.2. The third-order valence-corrected chi connectivity index (χ3v) is 11.6. The lowest BCUT2D eigenvalue weighted by atomic mass is 9.86. The molecule has 0 spiro atoms. The number of hydrogen-bond acceptors (Lipinski definition) is 0. The average molecular weight is 706 g/mol. The molecule has 8 aromatic carbocycles. The summed E-state index contributed by atoms with van der Waals surface area (Å²) in [6.45, 7) is 6.92. The minimum absolute atomic E-state index is 0.0185. The van der Waals surface area contributed by atoms with Crippen LogP contribution in [0.3, 0.4) is 0 Å². The standard InChI is InChI=1S/C52H39N3/c1-52(2,3)35-27-29-47-42(33-35)51-48(54(47)37-18-8-5-9-19-37)30-31-49-50(51)40-22-12-15-25-45(40)55(49)43-23-13-10-20-38(43)34-26-28-46-41(32-34)39-21-11-14-24-44(39)53(46)36-16-6-4-7-17-36/h4-33H,1-3H3. The van der Waals surface area contributed by atoms with Gasteiger partial charge in [-0.05, 0) is 95.4 Å². The quantitative estimate of drug-likeness (QED) is 0.173. The van der Waals surface area contributed by atoms with Gasteiger partial charge in [-0.15, -0.1) is 0 Å². The smallest absolute Gasteiger partial charge is 0.0549 e. The second kappa shape index (κ2) is 11.8. The Morgan fingerprint density at radius 2 is 0.836 bits per heavy atom. The Kier molecular flexibility index (Phi) is 6.81. The monoisotopic (exact) mass is 705 g/mol. The van der Waals surface area contributed by atoms with E-state index in [9.17, 15) is 0 Å². The van der Waals surface area contributed by atoms with Gasteiger partial charge in [-0.3, -0.25) is 0 Å². The highest BCUT2D eigenvalue weighted by Gasteiger charge is 2.24. The molecule has 0 aliphatic carbocycles. The highest BCUT2D eigenvalue weighted by molar-refractivity contribution is 6.29. The van der Waals surface area contributed by atoms with Crippen molar-refractivity contribution < 1.29 is 0 Å². The summed E-state index contributed by atoms with van der Waals surface area (Å²) in [6, 6.07) is 66.9. The number of nitrogens with zero attached hydrogens (tertiary/aromatic N) is 3. The maximum absolute atomic E-state index is 2.50. The fraction of sp³-hybridized carbons (Fsp3) is 0.0769. The highest BCUT2D eigenvalue weighted by atomic mass is 15.0. The average Bonchev–Trinajstić information content (AvgIpc) is 3.86. The Labute approximate surface area is 319 Å². The lowest BCUT2D eigenvalue weighted by molar-refractivity contribution is 0.591. The van der Waals surface area contributed by atoms with Crippen LogP contribution in [0.5, 0.6) is 0 Å². The van der Waals surface area contributed by atoms with Crippen molar-refractivity contribution in [1.29, 1.82) is 0 Å². The maximum atomic E-state index is 2.50. The number of aromatic nitrogens is 3. The van der Waals surface area contributed by atoms with E-state index < -0.39 is 0 Å². The molecule has 0 amide bonds. The molecule has 0 atom stereocenters. The molecule has 3 heterocycles. The molecule has 0 unspecified atom stereocenters. The van der Waals surface area contributed by atoms with Crippen LogP contribution < -0.4 is 0 Å². The van der Waals surface area contributed by atoms with E-state index in [2.05, 4.69) is 216 Å². The van der Waals surface area contributed by atoms with Crippen molar-refractivity contribution in [3.05, 3.63) is 188 Å². The number of para-hydroxylation sites is 5. The van der Waals surface area contributed by atoms with Crippen LogP contribution in [0.4, 0.5) is 0 Å². The van der Waals surface area contributed by atoms with Gasteiger partial charge in [0.25, 0.3) is 0 Å². The summed E-state index contributed by atoms with van der Waals surface area (Å²) in [4.78, 5) is 0. The lowest BCUT2D eigenvalue weighted by Gasteiger charge is -2.19. The van der Waals surface area contributed by atoms with Crippen LogP contribution in [0.15, 0.2) is 182 Å². The third-order valence-electron chi connectivity index (χ3n) is 11.6. The van der Waals surface area contributed by atoms with Gasteiger partial charge in [0, 0.05) is 49.3 Å². The Morgan fingerprint density at radius 1 is 0.345 bits per heavy atom. The van der Waals surface area contributed by atoms with Gasteiger partial charge in [-0.2, -0.15) is 0 Å². The largest absolute Gasteiger partial charge is 0.309 e. The first-order chi connectivity index (χ1) is 27.0. The van der Waals surface area contributed by atoms with Crippen LogP contribution in [0.1, 0.15) is 26.3 Å². The van der Waals surface area contributed by atoms with Gasteiger partial charge in [0.15, 0.2) is 0 Å². The summed E-state index contributed by atoms with van der Waals surface area (Å²) in [6.07, 6.45) is 0. The molecule has 3 heteroatoms. The fourth-order valence-electron chi connectivity index (χ4n) is 9.06. The van der Waals surface area contributed by atoms with E-state index >= 15 is 0 Å². The van der Waals surface area contributed by atoms with Crippen molar-refractivity contribution in [3.8, 4) is 28.2 Å². The number of fused-ring (bicyclic) bond motifs is 10. The lowest BCUT2D eigenvalue weighted by Crippen LogP contribution is -2.10. The van der Waals surface area contributed by atoms with Gasteiger partial charge in [0.1, 0.15) is 0 Å². The second-order valence-corrected chi connectivity index (χ2v) is 15.8. The zero-order valence-corrected chi connectivity index (χ0v) is 31.2. The van der Waals surface area contributed by atoms with Gasteiger partial charge in [-0.1, -0.05) is 124 Å². The highest BCUT2D eigenvalue weighted by Crippen LogP contribution is 2.45. The molecule has 55 heavy (non-hydrogen) atoms. The van der Waals surface area contributed by atoms with E-state index in [1.54, 1.807) is 0 Å². The Morgan fingerprint density at radius 3 is 1.55 bits per heavy atom. The van der Waals surface area contributed by atoms with Crippen molar-refractivity contribution in [2.75, 3.05) is 0 Å². The summed E-state index contributed by atoms with van der Waals surface area (Å²) in [5, 5.41) is 7.63. The number of benzene rings is 8. The summed E-state index contributed by atoms with van der Waals surface area (Å²) >= 11 is 0. The van der Waals surface area contributed by atoms with Crippen molar-refractivity contribution >= 4 is 65.4 Å². The summed E-state index contributed by atoms with van der Waals surface area (Å²) in [5.74, 6) is 0. The van der Waals surface area contributed by atoms with Crippen LogP contribution >= 0.6 is 0 Å². The molecule has 0 bridgehead atoms. The van der Waals surface area contributed by atoms with Crippen molar-refractivity contribution in [2.24, 2.45) is 0 Å². The summed E-state index contributed by atoms with van der Waals surface area (Å²) in [7, 11) is 0. The van der Waals surface area contributed by atoms with E-state index in [-0.39, 0.29) is 5.41 Å². The molecule has 0 fully saturated rings. The van der Waals surface area contributed by atoms with Crippen LogP contribution in [-0.4, -0.2) is 13.7 Å². The Balaban J connectivity index is 1.21. The van der Waals surface area contributed by atoms with Crippen molar-refractivity contribution in [1.82, 2.24) is 13.7 Å². The molecular weight excluding hydrogens is 667 g/mol. The number of hydrogen-bond donors (Lipinski definition) is 0. The minimum atomic E-state index is 0.0185. The van der Waals surface area contributed by atoms with Gasteiger partial charge in [0.05, 0.1) is 38.8 Å². The summed E-state index contributed by atoms with van der Waals surface area (Å²) < 4.78 is 7.32. The molecule has 0 saturated carbocycles. The molecule has 0 aliphatic heterocycles. The van der Waals surface area contributed by atoms with Crippen LogP contribution in [0.25, 0.3) is 93.6 Å². The molecule has 0 saturated heterocycles. The second-order valence-electron chi connectivity index (χ2n) is 15.8. The third kappa shape index (κ3) is 4.69. The Hall–Kier alpha value is -6.84. The SMILES string of the molecule is CC(C)(C)c1ccc2c(c1)c1c3c4ccccc4n(-c4ccccc4-c4ccc5c(c4)c4ccccc4n5-c4ccccc4)c3ccc1n2-c1ccccc1. The fourth-order valence-corrected chi connectivity index (χ4v) is 9.06. The molecule has 0 N–H and O–H groups in total. The zero-order chi connectivity index (χ0) is 36.8. The summed E-state index contributed by atoms with van der Waals surface area (Å²) in [5.41, 5.74) is 14.5. The topological polar surface area (TPSA) is 14.8 Å². The van der Waals surface area contributed by atoms with Gasteiger partial charge in [-0.25, -0.2) is 0 Å². The number of rotatable bonds is 4. The van der Waals surface area contributed by atoms with Crippen LogP contribution in [-0.2, 0) is 5.41 Å². The first-order valence-electron chi connectivity index (χ1n) is 19.2. The Bertz CT molecular complexity index is 3280. The molecule has 11 aromatic rings. The molecular formula is C52H39N3. The van der Waals surface area contributed by atoms with Gasteiger partial charge < -0.3 is 13.7 Å². The van der Waals surface area contributed by atoms with E-state index in [4.69, 9.17) is 0 Å². The molecule has 3 aromatic heterocycles. The molecule has 11 rings (SSSR count). The molecule has 262 valence electrons. The van der Waals surface area contributed by atoms with Crippen LogP contribution in [0, 0.1) is 0 Å². The van der Waals surface area contributed by atoms with Crippen LogP contribution in [0.2, 0.25) is 0 Å². The molecule has 3 nitrogen and oxygen atoms in total. The normalized spacial score (nSPS) is 12.3. The van der Waals surface area contributed by atoms with Crippen molar-refractivity contribution in [2.45, 2.75) is 26.2 Å².